The molecule has 0 amide bonds. The first kappa shape index (κ1) is 15.2. The Kier molecular flexibility index (Phi) is 5.05. The maximum Gasteiger partial charge on any atom is 0.203 e. The summed E-state index contributed by atoms with van der Waals surface area (Å²) in [5.74, 6) is 2.80. The van der Waals surface area contributed by atoms with Crippen molar-refractivity contribution in [3.8, 4) is 17.2 Å². The van der Waals surface area contributed by atoms with Crippen LogP contribution in [0, 0.1) is 0 Å². The molecule has 2 aromatic rings. The molecule has 0 saturated carbocycles. The molecule has 6 nitrogen and oxygen atoms in total. The van der Waals surface area contributed by atoms with Gasteiger partial charge in [-0.1, -0.05) is 0 Å². The lowest BCUT2D eigenvalue weighted by molar-refractivity contribution is 0.323. The van der Waals surface area contributed by atoms with Gasteiger partial charge in [-0.3, -0.25) is 0 Å². The summed E-state index contributed by atoms with van der Waals surface area (Å²) in [6.45, 7) is 2.73. The van der Waals surface area contributed by atoms with Crippen molar-refractivity contribution in [2.45, 2.75) is 19.5 Å². The first-order chi connectivity index (χ1) is 10.2. The zero-order chi connectivity index (χ0) is 15.2. The van der Waals surface area contributed by atoms with Crippen LogP contribution in [0.2, 0.25) is 0 Å². The number of nitrogens with zero attached hydrogens (tertiary/aromatic N) is 1. The number of nitrogens with one attached hydrogen (secondary N) is 2. The van der Waals surface area contributed by atoms with Crippen LogP contribution in [0.5, 0.6) is 17.2 Å². The molecule has 0 bridgehead atoms. The second-order valence-electron chi connectivity index (χ2n) is 4.60. The summed E-state index contributed by atoms with van der Waals surface area (Å²) < 4.78 is 16.1. The molecular weight excluding hydrogens is 270 g/mol. The van der Waals surface area contributed by atoms with Crippen LogP contribution in [-0.4, -0.2) is 31.3 Å². The summed E-state index contributed by atoms with van der Waals surface area (Å²) in [7, 11) is 4.82. The van der Waals surface area contributed by atoms with Gasteiger partial charge in [0.25, 0.3) is 0 Å². The van der Waals surface area contributed by atoms with E-state index < -0.39 is 0 Å². The van der Waals surface area contributed by atoms with E-state index >= 15 is 0 Å². The standard InChI is InChI=1S/C15H21N3O3/c1-10(18-9-14-16-5-6-17-14)11-7-12(19-2)15(21-4)13(8-11)20-3/h5-8,10,18H,9H2,1-4H3,(H,16,17). The molecule has 6 heteroatoms. The fourth-order valence-electron chi connectivity index (χ4n) is 2.11. The van der Waals surface area contributed by atoms with Crippen LogP contribution in [0.15, 0.2) is 24.5 Å². The smallest absolute Gasteiger partial charge is 0.203 e. The highest BCUT2D eigenvalue weighted by Crippen LogP contribution is 2.39. The number of imidazole rings is 1. The fourth-order valence-corrected chi connectivity index (χ4v) is 2.11. The molecule has 0 saturated heterocycles. The van der Waals surface area contributed by atoms with E-state index in [1.807, 2.05) is 12.1 Å². The predicted molar refractivity (Wildman–Crippen MR) is 79.9 cm³/mol. The summed E-state index contributed by atoms with van der Waals surface area (Å²) in [4.78, 5) is 7.25. The SMILES string of the molecule is COc1cc(C(C)NCc2ncc[nH]2)cc(OC)c1OC. The normalized spacial score (nSPS) is 12.0. The van der Waals surface area contributed by atoms with Crippen molar-refractivity contribution in [2.75, 3.05) is 21.3 Å². The van der Waals surface area contributed by atoms with Gasteiger partial charge in [0.15, 0.2) is 11.5 Å². The van der Waals surface area contributed by atoms with Crippen molar-refractivity contribution in [3.05, 3.63) is 35.9 Å². The Labute approximate surface area is 124 Å². The highest BCUT2D eigenvalue weighted by Gasteiger charge is 2.16. The minimum Gasteiger partial charge on any atom is -0.493 e. The van der Waals surface area contributed by atoms with Gasteiger partial charge in [0.2, 0.25) is 5.75 Å². The molecule has 1 heterocycles. The lowest BCUT2D eigenvalue weighted by Gasteiger charge is -2.18. The topological polar surface area (TPSA) is 68.4 Å². The molecule has 21 heavy (non-hydrogen) atoms. The number of hydrogen-bond acceptors (Lipinski definition) is 5. The minimum absolute atomic E-state index is 0.115. The Morgan fingerprint density at radius 3 is 2.29 bits per heavy atom. The van der Waals surface area contributed by atoms with E-state index in [-0.39, 0.29) is 6.04 Å². The molecule has 2 rings (SSSR count). The van der Waals surface area contributed by atoms with E-state index in [1.54, 1.807) is 33.7 Å². The van der Waals surface area contributed by atoms with Crippen LogP contribution in [0.4, 0.5) is 0 Å². The molecule has 1 aromatic heterocycles. The predicted octanol–water partition coefficient (Wildman–Crippen LogP) is 2.29. The molecule has 1 aromatic carbocycles. The summed E-state index contributed by atoms with van der Waals surface area (Å²) in [6.07, 6.45) is 3.54. The van der Waals surface area contributed by atoms with Gasteiger partial charge in [-0.25, -0.2) is 4.98 Å². The summed E-state index contributed by atoms with van der Waals surface area (Å²) in [5.41, 5.74) is 1.05. The Hall–Kier alpha value is -2.21. The van der Waals surface area contributed by atoms with Crippen LogP contribution in [0.25, 0.3) is 0 Å². The van der Waals surface area contributed by atoms with Crippen molar-refractivity contribution in [2.24, 2.45) is 0 Å². The zero-order valence-corrected chi connectivity index (χ0v) is 12.8. The largest absolute Gasteiger partial charge is 0.493 e. The summed E-state index contributed by atoms with van der Waals surface area (Å²) in [6, 6.07) is 4.01. The molecule has 1 unspecified atom stereocenters. The van der Waals surface area contributed by atoms with E-state index in [0.29, 0.717) is 23.8 Å². The third-order valence-electron chi connectivity index (χ3n) is 3.32. The second-order valence-corrected chi connectivity index (χ2v) is 4.60. The number of aromatic amines is 1. The van der Waals surface area contributed by atoms with Gasteiger partial charge in [0.1, 0.15) is 5.82 Å². The first-order valence-corrected chi connectivity index (χ1v) is 6.71. The highest BCUT2D eigenvalue weighted by molar-refractivity contribution is 5.54. The van der Waals surface area contributed by atoms with Gasteiger partial charge in [0.05, 0.1) is 27.9 Å². The van der Waals surface area contributed by atoms with E-state index in [9.17, 15) is 0 Å². The van der Waals surface area contributed by atoms with Gasteiger partial charge in [-0.15, -0.1) is 0 Å². The summed E-state index contributed by atoms with van der Waals surface area (Å²) in [5, 5.41) is 3.40. The molecule has 0 radical (unpaired) electrons. The number of rotatable bonds is 7. The van der Waals surface area contributed by atoms with Gasteiger partial charge in [0, 0.05) is 18.4 Å². The first-order valence-electron chi connectivity index (χ1n) is 6.71. The number of aromatic nitrogens is 2. The maximum absolute atomic E-state index is 5.37. The lowest BCUT2D eigenvalue weighted by Crippen LogP contribution is -2.19. The maximum atomic E-state index is 5.37. The number of hydrogen-bond donors (Lipinski definition) is 2. The molecule has 0 fully saturated rings. The molecule has 2 N–H and O–H groups in total. The van der Waals surface area contributed by atoms with Crippen molar-refractivity contribution >= 4 is 0 Å². The van der Waals surface area contributed by atoms with E-state index in [0.717, 1.165) is 11.4 Å². The molecular formula is C15H21N3O3. The minimum atomic E-state index is 0.115. The van der Waals surface area contributed by atoms with E-state index in [1.165, 1.54) is 0 Å². The Morgan fingerprint density at radius 2 is 1.81 bits per heavy atom. The Morgan fingerprint density at radius 1 is 1.14 bits per heavy atom. The van der Waals surface area contributed by atoms with Crippen LogP contribution in [-0.2, 0) is 6.54 Å². The quantitative estimate of drug-likeness (QED) is 0.819. The van der Waals surface area contributed by atoms with Gasteiger partial charge < -0.3 is 24.5 Å². The number of H-pyrrole nitrogens is 1. The second kappa shape index (κ2) is 6.99. The molecule has 0 aliphatic carbocycles. The van der Waals surface area contributed by atoms with E-state index in [4.69, 9.17) is 14.2 Å². The zero-order valence-electron chi connectivity index (χ0n) is 12.8. The van der Waals surface area contributed by atoms with Gasteiger partial charge in [-0.05, 0) is 24.6 Å². The van der Waals surface area contributed by atoms with E-state index in [2.05, 4.69) is 22.2 Å². The fraction of sp³-hybridized carbons (Fsp3) is 0.400. The molecule has 1 atom stereocenters. The Balaban J connectivity index is 2.18. The molecule has 0 aliphatic heterocycles. The third kappa shape index (κ3) is 3.46. The van der Waals surface area contributed by atoms with Crippen LogP contribution >= 0.6 is 0 Å². The van der Waals surface area contributed by atoms with Crippen LogP contribution < -0.4 is 19.5 Å². The monoisotopic (exact) mass is 291 g/mol. The van der Waals surface area contributed by atoms with Crippen molar-refractivity contribution < 1.29 is 14.2 Å². The van der Waals surface area contributed by atoms with Crippen LogP contribution in [0.3, 0.4) is 0 Å². The molecule has 0 spiro atoms. The lowest BCUT2D eigenvalue weighted by atomic mass is 10.1. The number of methoxy groups -OCH3 is 3. The van der Waals surface area contributed by atoms with Crippen LogP contribution in [0.1, 0.15) is 24.4 Å². The average molecular weight is 291 g/mol. The summed E-state index contributed by atoms with van der Waals surface area (Å²) >= 11 is 0. The number of ether oxygens (including phenoxy) is 3. The highest BCUT2D eigenvalue weighted by atomic mass is 16.5. The van der Waals surface area contributed by atoms with Crippen molar-refractivity contribution in [1.29, 1.82) is 0 Å². The Bertz CT molecular complexity index is 545. The third-order valence-corrected chi connectivity index (χ3v) is 3.32. The average Bonchev–Trinajstić information content (AvgIpc) is 3.04. The van der Waals surface area contributed by atoms with Crippen molar-refractivity contribution in [3.63, 3.8) is 0 Å². The number of benzene rings is 1. The van der Waals surface area contributed by atoms with Crippen molar-refractivity contribution in [1.82, 2.24) is 15.3 Å². The van der Waals surface area contributed by atoms with Gasteiger partial charge >= 0.3 is 0 Å². The molecule has 114 valence electrons. The molecule has 0 aliphatic rings. The van der Waals surface area contributed by atoms with Gasteiger partial charge in [-0.2, -0.15) is 0 Å².